The summed E-state index contributed by atoms with van der Waals surface area (Å²) in [4.78, 5) is 4.89. The van der Waals surface area contributed by atoms with Crippen molar-refractivity contribution in [3.05, 3.63) is 29.6 Å². The minimum Gasteiger partial charge on any atom is -0.328 e. The van der Waals surface area contributed by atoms with E-state index < -0.39 is 0 Å². The van der Waals surface area contributed by atoms with Crippen LogP contribution in [0.15, 0.2) is 18.2 Å². The highest BCUT2D eigenvalue weighted by molar-refractivity contribution is 5.78. The quantitative estimate of drug-likeness (QED) is 0.717. The number of fused-ring (bicyclic) bond motifs is 1. The molecule has 0 amide bonds. The second-order valence-corrected chi connectivity index (χ2v) is 5.71. The van der Waals surface area contributed by atoms with E-state index in [4.69, 9.17) is 10.2 Å². The molecule has 1 aromatic carbocycles. The van der Waals surface area contributed by atoms with Crippen LogP contribution in [0.1, 0.15) is 70.2 Å². The van der Waals surface area contributed by atoms with Crippen LogP contribution in [-0.2, 0) is 6.54 Å². The van der Waals surface area contributed by atoms with E-state index in [-0.39, 0.29) is 0 Å². The van der Waals surface area contributed by atoms with Crippen molar-refractivity contribution in [2.45, 2.75) is 65.3 Å². The van der Waals surface area contributed by atoms with E-state index in [1.54, 1.807) is 0 Å². The number of nitrogens with zero attached hydrogens (tertiary/aromatic N) is 3. The van der Waals surface area contributed by atoms with Gasteiger partial charge in [-0.2, -0.15) is 5.26 Å². The molecule has 2 rings (SSSR count). The fourth-order valence-electron chi connectivity index (χ4n) is 3.09. The molecule has 1 aromatic heterocycles. The molecule has 3 heteroatoms. The molecule has 21 heavy (non-hydrogen) atoms. The smallest absolute Gasteiger partial charge is 0.112 e. The second-order valence-electron chi connectivity index (χ2n) is 5.71. The highest BCUT2D eigenvalue weighted by Gasteiger charge is 2.19. The minimum atomic E-state index is 0.532. The Morgan fingerprint density at radius 3 is 2.43 bits per heavy atom. The summed E-state index contributed by atoms with van der Waals surface area (Å²) in [5.41, 5.74) is 2.83. The maximum absolute atomic E-state index is 9.07. The average Bonchev–Trinajstić information content (AvgIpc) is 2.85. The number of aromatic nitrogens is 2. The molecule has 0 aliphatic heterocycles. The summed E-state index contributed by atoms with van der Waals surface area (Å²) in [6.07, 6.45) is 5.84. The molecular weight excluding hydrogens is 258 g/mol. The predicted octanol–water partition coefficient (Wildman–Crippen LogP) is 5.00. The van der Waals surface area contributed by atoms with E-state index in [9.17, 15) is 0 Å². The number of imidazole rings is 1. The Balaban J connectivity index is 2.54. The summed E-state index contributed by atoms with van der Waals surface area (Å²) in [6.45, 7) is 7.68. The number of rotatable bonds is 7. The van der Waals surface area contributed by atoms with Gasteiger partial charge >= 0.3 is 0 Å². The fraction of sp³-hybridized carbons (Fsp3) is 0.556. The zero-order chi connectivity index (χ0) is 15.2. The third-order valence-corrected chi connectivity index (χ3v) is 3.99. The van der Waals surface area contributed by atoms with E-state index in [0.717, 1.165) is 18.5 Å². The van der Waals surface area contributed by atoms with Gasteiger partial charge in [-0.05, 0) is 37.5 Å². The molecule has 2 aromatic rings. The first-order valence-corrected chi connectivity index (χ1v) is 8.15. The topological polar surface area (TPSA) is 41.6 Å². The Bertz CT molecular complexity index is 628. The van der Waals surface area contributed by atoms with Crippen LogP contribution < -0.4 is 0 Å². The van der Waals surface area contributed by atoms with E-state index >= 15 is 0 Å². The number of hydrogen-bond acceptors (Lipinski definition) is 2. The largest absolute Gasteiger partial charge is 0.328 e. The van der Waals surface area contributed by atoms with Gasteiger partial charge in [-0.25, -0.2) is 4.98 Å². The Morgan fingerprint density at radius 1 is 1.14 bits per heavy atom. The zero-order valence-electron chi connectivity index (χ0n) is 13.4. The van der Waals surface area contributed by atoms with Crippen LogP contribution in [0, 0.1) is 11.3 Å². The van der Waals surface area contributed by atoms with Crippen LogP contribution in [0.3, 0.4) is 0 Å². The zero-order valence-corrected chi connectivity index (χ0v) is 13.4. The van der Waals surface area contributed by atoms with Crippen LogP contribution in [0.4, 0.5) is 0 Å². The van der Waals surface area contributed by atoms with Gasteiger partial charge in [0, 0.05) is 12.5 Å². The molecule has 0 aliphatic rings. The van der Waals surface area contributed by atoms with Crippen molar-refractivity contribution in [2.24, 2.45) is 0 Å². The first kappa shape index (κ1) is 15.6. The number of aryl methyl sites for hydroxylation is 1. The summed E-state index contributed by atoms with van der Waals surface area (Å²) in [6, 6.07) is 8.07. The van der Waals surface area contributed by atoms with Crippen LogP contribution in [0.25, 0.3) is 11.0 Å². The summed E-state index contributed by atoms with van der Waals surface area (Å²) in [7, 11) is 0. The van der Waals surface area contributed by atoms with Crippen molar-refractivity contribution < 1.29 is 0 Å². The van der Waals surface area contributed by atoms with Gasteiger partial charge in [-0.3, -0.25) is 0 Å². The van der Waals surface area contributed by atoms with Gasteiger partial charge in [-0.15, -0.1) is 0 Å². The van der Waals surface area contributed by atoms with Crippen LogP contribution in [-0.4, -0.2) is 9.55 Å². The second kappa shape index (κ2) is 7.26. The lowest BCUT2D eigenvalue weighted by atomic mass is 9.97. The molecule has 1 heterocycles. The first-order chi connectivity index (χ1) is 10.2. The Hall–Kier alpha value is -1.82. The van der Waals surface area contributed by atoms with Crippen LogP contribution >= 0.6 is 0 Å². The number of hydrogen-bond donors (Lipinski definition) is 0. The lowest BCUT2D eigenvalue weighted by Gasteiger charge is -2.17. The molecular formula is C18H25N3. The molecule has 0 atom stereocenters. The van der Waals surface area contributed by atoms with Crippen molar-refractivity contribution in [3.63, 3.8) is 0 Å². The first-order valence-electron chi connectivity index (χ1n) is 8.15. The van der Waals surface area contributed by atoms with E-state index in [0.29, 0.717) is 11.5 Å². The van der Waals surface area contributed by atoms with Crippen molar-refractivity contribution in [1.29, 1.82) is 5.26 Å². The van der Waals surface area contributed by atoms with Gasteiger partial charge in [0.25, 0.3) is 0 Å². The Morgan fingerprint density at radius 2 is 1.86 bits per heavy atom. The highest BCUT2D eigenvalue weighted by Crippen LogP contribution is 2.29. The predicted molar refractivity (Wildman–Crippen MR) is 87.3 cm³/mol. The summed E-state index contributed by atoms with van der Waals surface area (Å²) >= 11 is 0. The van der Waals surface area contributed by atoms with Crippen molar-refractivity contribution >= 4 is 11.0 Å². The molecule has 0 fully saturated rings. The molecule has 0 saturated heterocycles. The maximum Gasteiger partial charge on any atom is 0.112 e. The highest BCUT2D eigenvalue weighted by atomic mass is 15.1. The van der Waals surface area contributed by atoms with Gasteiger partial charge in [0.1, 0.15) is 5.82 Å². The normalized spacial score (nSPS) is 11.2. The molecule has 0 spiro atoms. The summed E-state index contributed by atoms with van der Waals surface area (Å²) in [5, 5.41) is 9.07. The van der Waals surface area contributed by atoms with Gasteiger partial charge in [-0.1, -0.05) is 33.6 Å². The molecule has 0 unspecified atom stereocenters. The van der Waals surface area contributed by atoms with E-state index in [2.05, 4.69) is 37.5 Å². The lowest BCUT2D eigenvalue weighted by molar-refractivity contribution is 0.503. The minimum absolute atomic E-state index is 0.532. The van der Waals surface area contributed by atoms with E-state index in [1.807, 2.05) is 12.1 Å². The fourth-order valence-corrected chi connectivity index (χ4v) is 3.09. The molecule has 0 radical (unpaired) electrons. The molecule has 0 bridgehead atoms. The molecule has 0 saturated carbocycles. The summed E-state index contributed by atoms with van der Waals surface area (Å²) in [5.74, 6) is 1.75. The monoisotopic (exact) mass is 283 g/mol. The number of benzene rings is 1. The van der Waals surface area contributed by atoms with Gasteiger partial charge in [0.15, 0.2) is 0 Å². The molecule has 3 nitrogen and oxygen atoms in total. The van der Waals surface area contributed by atoms with Gasteiger partial charge in [0.05, 0.1) is 22.7 Å². The van der Waals surface area contributed by atoms with Gasteiger partial charge < -0.3 is 4.57 Å². The molecule has 0 N–H and O–H groups in total. The summed E-state index contributed by atoms with van der Waals surface area (Å²) < 4.78 is 2.37. The maximum atomic E-state index is 9.07. The van der Waals surface area contributed by atoms with Crippen molar-refractivity contribution in [3.8, 4) is 6.07 Å². The van der Waals surface area contributed by atoms with Crippen LogP contribution in [0.5, 0.6) is 0 Å². The molecule has 0 aliphatic carbocycles. The lowest BCUT2D eigenvalue weighted by Crippen LogP contribution is -2.09. The molecule has 112 valence electrons. The van der Waals surface area contributed by atoms with Crippen LogP contribution in [0.2, 0.25) is 0 Å². The van der Waals surface area contributed by atoms with Crippen molar-refractivity contribution in [2.75, 3.05) is 0 Å². The standard InChI is InChI=1S/C18H25N3/c1-4-7-15(8-5-2)18-20-16-12-14(13-19)9-10-17(16)21(18)11-6-3/h9-10,12,15H,4-8,11H2,1-3H3. The third kappa shape index (κ3) is 3.26. The van der Waals surface area contributed by atoms with E-state index in [1.165, 1.54) is 37.0 Å². The third-order valence-electron chi connectivity index (χ3n) is 3.99. The average molecular weight is 283 g/mol. The Labute approximate surface area is 127 Å². The Kier molecular flexibility index (Phi) is 5.38. The number of nitriles is 1. The SMILES string of the molecule is CCCC(CCC)c1nc2cc(C#N)ccc2n1CCC. The van der Waals surface area contributed by atoms with Crippen molar-refractivity contribution in [1.82, 2.24) is 9.55 Å². The van der Waals surface area contributed by atoms with Gasteiger partial charge in [0.2, 0.25) is 0 Å².